The van der Waals surface area contributed by atoms with Gasteiger partial charge in [0.05, 0.1) is 11.9 Å². The molecule has 2 rings (SSSR count). The van der Waals surface area contributed by atoms with Crippen LogP contribution in [-0.2, 0) is 6.42 Å². The van der Waals surface area contributed by atoms with Crippen LogP contribution in [-0.4, -0.2) is 16.0 Å². The Labute approximate surface area is 123 Å². The number of H-pyrrole nitrogens is 1. The maximum absolute atomic E-state index is 12.5. The lowest BCUT2D eigenvalue weighted by molar-refractivity contribution is 0.855. The average Bonchev–Trinajstić information content (AvgIpc) is 2.86. The summed E-state index contributed by atoms with van der Waals surface area (Å²) in [6.07, 6.45) is 8.88. The number of hydrogen-bond donors (Lipinski definition) is 1. The fourth-order valence-electron chi connectivity index (χ4n) is 2.17. The Balaban J connectivity index is 2.62. The monoisotopic (exact) mass is 279 g/mol. The molecule has 0 aliphatic carbocycles. The van der Waals surface area contributed by atoms with E-state index < -0.39 is 0 Å². The fourth-order valence-corrected chi connectivity index (χ4v) is 2.17. The largest absolute Gasteiger partial charge is 0.289 e. The van der Waals surface area contributed by atoms with Crippen LogP contribution in [0.2, 0.25) is 0 Å². The van der Waals surface area contributed by atoms with Gasteiger partial charge in [-0.25, -0.2) is 9.67 Å². The zero-order valence-corrected chi connectivity index (χ0v) is 12.1. The summed E-state index contributed by atoms with van der Waals surface area (Å²) < 4.78 is 1.43. The van der Waals surface area contributed by atoms with E-state index >= 15 is 0 Å². The number of aromatic amines is 1. The van der Waals surface area contributed by atoms with Gasteiger partial charge in [-0.15, -0.1) is 6.42 Å². The van der Waals surface area contributed by atoms with Crippen molar-refractivity contribution in [2.45, 2.75) is 20.3 Å². The van der Waals surface area contributed by atoms with Crippen molar-refractivity contribution in [2.75, 3.05) is 0 Å². The topological polar surface area (TPSA) is 50.1 Å². The van der Waals surface area contributed by atoms with Gasteiger partial charge in [0.15, 0.2) is 5.82 Å². The molecular formula is C17H17N3O. The Morgan fingerprint density at radius 2 is 2.14 bits per heavy atom. The lowest BCUT2D eigenvalue weighted by Crippen LogP contribution is -2.17. The first-order valence-corrected chi connectivity index (χ1v) is 6.77. The summed E-state index contributed by atoms with van der Waals surface area (Å²) in [6, 6.07) is 9.76. The van der Waals surface area contributed by atoms with Crippen LogP contribution in [0.25, 0.3) is 17.1 Å². The molecule has 1 heterocycles. The molecule has 0 spiro atoms. The van der Waals surface area contributed by atoms with Crippen molar-refractivity contribution < 1.29 is 0 Å². The summed E-state index contributed by atoms with van der Waals surface area (Å²) in [6.45, 7) is 3.77. The molecule has 21 heavy (non-hydrogen) atoms. The van der Waals surface area contributed by atoms with Crippen LogP contribution in [0.3, 0.4) is 0 Å². The second-order valence-electron chi connectivity index (χ2n) is 4.40. The van der Waals surface area contributed by atoms with E-state index in [1.54, 1.807) is 6.08 Å². The molecule has 0 aliphatic rings. The predicted octanol–water partition coefficient (Wildman–Crippen LogP) is 2.93. The molecule has 1 N–H and O–H groups in total. The van der Waals surface area contributed by atoms with Crippen LogP contribution in [0, 0.1) is 12.3 Å². The Morgan fingerprint density at radius 3 is 2.71 bits per heavy atom. The predicted molar refractivity (Wildman–Crippen MR) is 87.1 cm³/mol. The number of nitrogens with one attached hydrogen (secondary N) is 1. The number of allylic oxidation sites excluding steroid dienone is 1. The van der Waals surface area contributed by atoms with E-state index in [9.17, 15) is 4.79 Å². The van der Waals surface area contributed by atoms with Crippen molar-refractivity contribution in [3.8, 4) is 23.6 Å². The number of terminal acetylenes is 1. The maximum atomic E-state index is 12.5. The number of hydrogen-bond acceptors (Lipinski definition) is 2. The van der Waals surface area contributed by atoms with E-state index in [0.717, 1.165) is 16.8 Å². The average molecular weight is 279 g/mol. The van der Waals surface area contributed by atoms with Crippen molar-refractivity contribution in [3.63, 3.8) is 0 Å². The molecule has 0 unspecified atom stereocenters. The van der Waals surface area contributed by atoms with Gasteiger partial charge >= 0.3 is 0 Å². The van der Waals surface area contributed by atoms with Gasteiger partial charge in [0.2, 0.25) is 0 Å². The number of benzene rings is 1. The quantitative estimate of drug-likeness (QED) is 0.679. The van der Waals surface area contributed by atoms with Crippen LogP contribution in [0.15, 0.2) is 46.2 Å². The van der Waals surface area contributed by atoms with Crippen LogP contribution < -0.4 is 5.56 Å². The van der Waals surface area contributed by atoms with Gasteiger partial charge in [-0.1, -0.05) is 43.2 Å². The minimum atomic E-state index is -0.0985. The van der Waals surface area contributed by atoms with E-state index in [0.29, 0.717) is 12.2 Å². The first-order chi connectivity index (χ1) is 10.2. The van der Waals surface area contributed by atoms with E-state index in [1.807, 2.05) is 44.2 Å². The standard InChI is InChI=1S/C17H17N3O/c1-4-12-18-15(6-3)20-17(21)14(5-2)16(19-20)13-10-8-7-9-11-13/h1,6-12,19H,5H2,2-3H3/b15-6+,18-12?. The van der Waals surface area contributed by atoms with Gasteiger partial charge in [-0.05, 0) is 25.0 Å². The van der Waals surface area contributed by atoms with Gasteiger partial charge in [-0.2, -0.15) is 0 Å². The molecule has 1 aromatic carbocycles. The molecule has 2 aromatic rings. The lowest BCUT2D eigenvalue weighted by Gasteiger charge is -2.01. The first-order valence-electron chi connectivity index (χ1n) is 6.77. The third kappa shape index (κ3) is 2.87. The molecule has 0 saturated heterocycles. The summed E-state index contributed by atoms with van der Waals surface area (Å²) in [5, 5.41) is 3.13. The minimum Gasteiger partial charge on any atom is -0.289 e. The zero-order valence-electron chi connectivity index (χ0n) is 12.1. The lowest BCUT2D eigenvalue weighted by atomic mass is 10.1. The second kappa shape index (κ2) is 6.58. The smallest absolute Gasteiger partial charge is 0.276 e. The maximum Gasteiger partial charge on any atom is 0.276 e. The highest BCUT2D eigenvalue weighted by molar-refractivity contribution is 5.81. The summed E-state index contributed by atoms with van der Waals surface area (Å²) in [4.78, 5) is 16.6. The Morgan fingerprint density at radius 1 is 1.43 bits per heavy atom. The molecule has 0 amide bonds. The van der Waals surface area contributed by atoms with Crippen molar-refractivity contribution in [1.82, 2.24) is 9.78 Å². The van der Waals surface area contributed by atoms with Crippen molar-refractivity contribution in [3.05, 3.63) is 52.3 Å². The van der Waals surface area contributed by atoms with Crippen LogP contribution in [0.1, 0.15) is 19.4 Å². The minimum absolute atomic E-state index is 0.0985. The summed E-state index contributed by atoms with van der Waals surface area (Å²) in [5.74, 6) is 2.81. The van der Waals surface area contributed by atoms with Crippen LogP contribution >= 0.6 is 0 Å². The molecule has 0 radical (unpaired) electrons. The van der Waals surface area contributed by atoms with Crippen molar-refractivity contribution >= 4 is 12.0 Å². The number of rotatable bonds is 4. The molecule has 0 bridgehead atoms. The van der Waals surface area contributed by atoms with Gasteiger partial charge < -0.3 is 0 Å². The number of nitrogens with zero attached hydrogens (tertiary/aromatic N) is 2. The van der Waals surface area contributed by atoms with E-state index in [4.69, 9.17) is 6.42 Å². The summed E-state index contributed by atoms with van der Waals surface area (Å²) >= 11 is 0. The third-order valence-electron chi connectivity index (χ3n) is 3.16. The van der Waals surface area contributed by atoms with Crippen LogP contribution in [0.4, 0.5) is 0 Å². The summed E-state index contributed by atoms with van der Waals surface area (Å²) in [7, 11) is 0. The Hall–Kier alpha value is -2.80. The third-order valence-corrected chi connectivity index (χ3v) is 3.16. The Kier molecular flexibility index (Phi) is 4.57. The first kappa shape index (κ1) is 14.6. The number of aromatic nitrogens is 2. The van der Waals surface area contributed by atoms with Crippen molar-refractivity contribution in [2.24, 2.45) is 4.99 Å². The molecular weight excluding hydrogens is 262 g/mol. The fraction of sp³-hybridized carbons (Fsp3) is 0.176. The van der Waals surface area contributed by atoms with Gasteiger partial charge in [0.1, 0.15) is 0 Å². The second-order valence-corrected chi connectivity index (χ2v) is 4.40. The molecule has 0 fully saturated rings. The molecule has 106 valence electrons. The highest BCUT2D eigenvalue weighted by Gasteiger charge is 2.15. The van der Waals surface area contributed by atoms with E-state index in [-0.39, 0.29) is 5.56 Å². The van der Waals surface area contributed by atoms with Gasteiger partial charge in [0.25, 0.3) is 5.56 Å². The number of aliphatic imine (C=N–C) groups is 1. The van der Waals surface area contributed by atoms with Gasteiger partial charge in [-0.3, -0.25) is 9.89 Å². The molecule has 4 heteroatoms. The van der Waals surface area contributed by atoms with E-state index in [1.165, 1.54) is 10.9 Å². The normalized spacial score (nSPS) is 11.8. The zero-order chi connectivity index (χ0) is 15.2. The molecule has 0 aliphatic heterocycles. The summed E-state index contributed by atoms with van der Waals surface area (Å²) in [5.41, 5.74) is 2.43. The molecule has 1 aromatic heterocycles. The van der Waals surface area contributed by atoms with Crippen LogP contribution in [0.5, 0.6) is 0 Å². The SMILES string of the molecule is C#CC=N/C(=C\C)n1[nH]c(-c2ccccc2)c(CC)c1=O. The molecule has 4 nitrogen and oxygen atoms in total. The highest BCUT2D eigenvalue weighted by atomic mass is 16.1. The Bertz CT molecular complexity index is 771. The van der Waals surface area contributed by atoms with Gasteiger partial charge in [0, 0.05) is 5.56 Å². The highest BCUT2D eigenvalue weighted by Crippen LogP contribution is 2.20. The molecule has 0 atom stereocenters. The van der Waals surface area contributed by atoms with E-state index in [2.05, 4.69) is 16.0 Å². The van der Waals surface area contributed by atoms with Crippen molar-refractivity contribution in [1.29, 1.82) is 0 Å². The molecule has 0 saturated carbocycles.